The molecule has 0 fully saturated rings. The van der Waals surface area contributed by atoms with Crippen molar-refractivity contribution >= 4 is 11.2 Å². The minimum absolute atomic E-state index is 0. The van der Waals surface area contributed by atoms with Gasteiger partial charge in [-0.1, -0.05) is 6.07 Å². The number of pyridine rings is 1. The third-order valence-electron chi connectivity index (χ3n) is 1.06. The molecule has 0 aliphatic heterocycles. The molecule has 0 aromatic carbocycles. The van der Waals surface area contributed by atoms with E-state index >= 15 is 0 Å². The molecule has 0 aliphatic rings. The number of hydrogen-bond donors (Lipinski definition) is 0. The number of hydrogen-bond acceptors (Lipinski definition) is 3. The predicted octanol–water partition coefficient (Wildman–Crippen LogP) is -0.0180. The number of rotatable bonds is 0. The van der Waals surface area contributed by atoms with Crippen LogP contribution >= 0.6 is 0 Å². The van der Waals surface area contributed by atoms with Gasteiger partial charge in [0.1, 0.15) is 0 Å². The van der Waals surface area contributed by atoms with Crippen molar-refractivity contribution in [1.29, 1.82) is 0 Å². The molecule has 0 radical (unpaired) electrons. The van der Waals surface area contributed by atoms with Crippen LogP contribution in [0.1, 0.15) is 0 Å². The second-order valence-electron chi connectivity index (χ2n) is 1.64. The molecule has 0 N–H and O–H groups in total. The zero-order valence-electron chi connectivity index (χ0n) is 5.02. The van der Waals surface area contributed by atoms with E-state index in [9.17, 15) is 0 Å². The molecule has 0 aliphatic carbocycles. The van der Waals surface area contributed by atoms with Crippen molar-refractivity contribution in [3.8, 4) is 0 Å². The molecule has 2 aromatic rings. The summed E-state index contributed by atoms with van der Waals surface area (Å²) in [7, 11) is 0. The minimum Gasteiger partial charge on any atom is -0.367 e. The van der Waals surface area contributed by atoms with E-state index in [4.69, 9.17) is 0 Å². The molecule has 2 aromatic heterocycles. The van der Waals surface area contributed by atoms with Gasteiger partial charge >= 0.3 is 0 Å². The van der Waals surface area contributed by atoms with Crippen molar-refractivity contribution in [2.75, 3.05) is 0 Å². The van der Waals surface area contributed by atoms with Crippen LogP contribution in [-0.4, -0.2) is 15.3 Å². The predicted molar refractivity (Wildman–Crippen MR) is 30.7 cm³/mol. The molecule has 0 spiro atoms. The van der Waals surface area contributed by atoms with E-state index in [0.717, 1.165) is 5.52 Å². The van der Waals surface area contributed by atoms with E-state index in [2.05, 4.69) is 20.4 Å². The van der Waals surface area contributed by atoms with Crippen LogP contribution in [0.3, 0.4) is 0 Å². The van der Waals surface area contributed by atoms with E-state index in [1.807, 2.05) is 6.07 Å². The topological polar surface area (TPSA) is 52.8 Å². The Bertz CT molecular complexity index is 288. The third-order valence-corrected chi connectivity index (χ3v) is 1.06. The zero-order valence-corrected chi connectivity index (χ0v) is 9.18. The van der Waals surface area contributed by atoms with Crippen LogP contribution in [0.4, 0.5) is 0 Å². The van der Waals surface area contributed by atoms with Crippen LogP contribution in [-0.2, 0) is 0 Å². The Labute approximate surface area is 80.8 Å². The fraction of sp³-hybridized carbons (Fsp3) is 0. The van der Waals surface area contributed by atoms with Gasteiger partial charge in [-0.05, 0) is 12.3 Å². The average Bonchev–Trinajstić information content (AvgIpc) is 2.33. The molecular formula is C5H3N4U-. The Morgan fingerprint density at radius 2 is 2.30 bits per heavy atom. The number of fused-ring (bicyclic) bond motifs is 1. The standard InChI is InChI=1S/C5H3N4.U/c1-2-4-5(6-3-1)8-9-7-4;/h1-3H;/q-1;. The van der Waals surface area contributed by atoms with Gasteiger partial charge in [0.25, 0.3) is 0 Å². The Morgan fingerprint density at radius 1 is 1.40 bits per heavy atom. The van der Waals surface area contributed by atoms with Gasteiger partial charge in [0, 0.05) is 42.3 Å². The first-order valence-electron chi connectivity index (χ1n) is 2.53. The maximum atomic E-state index is 3.91. The van der Waals surface area contributed by atoms with E-state index in [-0.39, 0.29) is 31.1 Å². The molecular weight excluding hydrogens is 354 g/mol. The largest absolute Gasteiger partial charge is 0.367 e. The van der Waals surface area contributed by atoms with E-state index in [1.54, 1.807) is 12.3 Å². The van der Waals surface area contributed by atoms with Crippen molar-refractivity contribution in [2.24, 2.45) is 0 Å². The first-order chi connectivity index (χ1) is 4.47. The normalized spacial score (nSPS) is 9.20. The molecule has 2 rings (SSSR count). The number of nitrogens with zero attached hydrogens (tertiary/aromatic N) is 4. The summed E-state index contributed by atoms with van der Waals surface area (Å²) in [6.45, 7) is 0. The van der Waals surface area contributed by atoms with Gasteiger partial charge in [0.15, 0.2) is 0 Å². The van der Waals surface area contributed by atoms with Crippen LogP contribution in [0.15, 0.2) is 18.3 Å². The van der Waals surface area contributed by atoms with Crippen LogP contribution in [0, 0.1) is 31.1 Å². The molecule has 0 unspecified atom stereocenters. The average molecular weight is 357 g/mol. The summed E-state index contributed by atoms with van der Waals surface area (Å²) in [6, 6.07) is 3.63. The summed E-state index contributed by atoms with van der Waals surface area (Å²) in [5, 5.41) is 10.8. The van der Waals surface area contributed by atoms with Gasteiger partial charge in [-0.2, -0.15) is 5.21 Å². The first-order valence-corrected chi connectivity index (χ1v) is 2.53. The summed E-state index contributed by atoms with van der Waals surface area (Å²) < 4.78 is 0. The first kappa shape index (κ1) is 7.71. The molecule has 0 saturated heterocycles. The van der Waals surface area contributed by atoms with Crippen molar-refractivity contribution < 1.29 is 31.1 Å². The van der Waals surface area contributed by atoms with Crippen LogP contribution < -0.4 is 5.10 Å². The summed E-state index contributed by atoms with van der Waals surface area (Å²) in [5.74, 6) is 0. The SMILES string of the molecule is [U].c1cnc2[n-]nnc2c1. The Morgan fingerprint density at radius 3 is 3.10 bits per heavy atom. The Balaban J connectivity index is 0.000000500. The van der Waals surface area contributed by atoms with Gasteiger partial charge in [0.2, 0.25) is 0 Å². The van der Waals surface area contributed by atoms with Crippen molar-refractivity contribution in [3.63, 3.8) is 0 Å². The molecule has 4 nitrogen and oxygen atoms in total. The fourth-order valence-corrected chi connectivity index (χ4v) is 0.656. The molecule has 0 atom stereocenters. The summed E-state index contributed by atoms with van der Waals surface area (Å²) in [6.07, 6.45) is 1.67. The fourth-order valence-electron chi connectivity index (χ4n) is 0.656. The van der Waals surface area contributed by atoms with Gasteiger partial charge in [-0.15, -0.1) is 0 Å². The maximum Gasteiger partial charge on any atom is 0.0397 e. The molecule has 48 valence electrons. The molecule has 0 amide bonds. The molecule has 5 heteroatoms. The third kappa shape index (κ3) is 1.20. The quantitative estimate of drug-likeness (QED) is 0.665. The molecule has 2 heterocycles. The minimum atomic E-state index is 0. The summed E-state index contributed by atoms with van der Waals surface area (Å²) >= 11 is 0. The Hall–Kier alpha value is -0.398. The summed E-state index contributed by atoms with van der Waals surface area (Å²) in [4.78, 5) is 3.91. The monoisotopic (exact) mass is 357 g/mol. The van der Waals surface area contributed by atoms with Gasteiger partial charge < -0.3 is 4.98 Å². The van der Waals surface area contributed by atoms with E-state index in [1.165, 1.54) is 0 Å². The Kier molecular flexibility index (Phi) is 2.41. The van der Waals surface area contributed by atoms with Crippen LogP contribution in [0.25, 0.3) is 11.2 Å². The molecule has 10 heavy (non-hydrogen) atoms. The van der Waals surface area contributed by atoms with Crippen molar-refractivity contribution in [2.45, 2.75) is 0 Å². The van der Waals surface area contributed by atoms with Crippen molar-refractivity contribution in [1.82, 2.24) is 20.4 Å². The maximum absolute atomic E-state index is 3.91. The van der Waals surface area contributed by atoms with Crippen LogP contribution in [0.2, 0.25) is 0 Å². The number of aromatic nitrogens is 4. The van der Waals surface area contributed by atoms with Gasteiger partial charge in [-0.25, -0.2) is 0 Å². The van der Waals surface area contributed by atoms with E-state index in [0.29, 0.717) is 5.65 Å². The van der Waals surface area contributed by atoms with Crippen molar-refractivity contribution in [3.05, 3.63) is 18.3 Å². The molecule has 0 saturated carbocycles. The van der Waals surface area contributed by atoms with Crippen LogP contribution in [0.5, 0.6) is 0 Å². The smallest absolute Gasteiger partial charge is 0.0397 e. The van der Waals surface area contributed by atoms with E-state index < -0.39 is 0 Å². The second-order valence-corrected chi connectivity index (χ2v) is 1.64. The summed E-state index contributed by atoms with van der Waals surface area (Å²) in [5.41, 5.74) is 1.36. The zero-order chi connectivity index (χ0) is 6.10. The van der Waals surface area contributed by atoms with Gasteiger partial charge in [-0.3, -0.25) is 10.2 Å². The second kappa shape index (κ2) is 3.13. The molecule has 0 bridgehead atoms. The van der Waals surface area contributed by atoms with Gasteiger partial charge in [0.05, 0.1) is 0 Å².